The fraction of sp³-hybridized carbons (Fsp3) is 0.333. The van der Waals surface area contributed by atoms with E-state index in [1.54, 1.807) is 29.2 Å². The highest BCUT2D eigenvalue weighted by Gasteiger charge is 2.43. The predicted molar refractivity (Wildman–Crippen MR) is 114 cm³/mol. The van der Waals surface area contributed by atoms with E-state index in [0.717, 1.165) is 17.5 Å². The van der Waals surface area contributed by atoms with Crippen LogP contribution < -0.4 is 0 Å². The molecule has 1 fully saturated rings. The number of ether oxygens (including phenoxy) is 1. The second-order valence-electron chi connectivity index (χ2n) is 6.62. The summed E-state index contributed by atoms with van der Waals surface area (Å²) in [6.45, 7) is 4.23. The van der Waals surface area contributed by atoms with Gasteiger partial charge in [0.15, 0.2) is 0 Å². The minimum Gasteiger partial charge on any atom is -0.464 e. The predicted octanol–water partition coefficient (Wildman–Crippen LogP) is 5.51. The summed E-state index contributed by atoms with van der Waals surface area (Å²) < 4.78 is 5.34. The van der Waals surface area contributed by atoms with Crippen LogP contribution in [-0.2, 0) is 9.53 Å². The molecule has 2 aromatic rings. The van der Waals surface area contributed by atoms with Crippen LogP contribution >= 0.6 is 35.0 Å². The number of esters is 1. The third-order valence-electron chi connectivity index (χ3n) is 4.48. The quantitative estimate of drug-likeness (QED) is 0.578. The maximum atomic E-state index is 13.3. The van der Waals surface area contributed by atoms with E-state index in [9.17, 15) is 9.59 Å². The molecule has 0 bridgehead atoms. The number of rotatable bonds is 5. The Morgan fingerprint density at radius 2 is 1.86 bits per heavy atom. The van der Waals surface area contributed by atoms with E-state index < -0.39 is 6.04 Å². The van der Waals surface area contributed by atoms with Crippen LogP contribution in [0.5, 0.6) is 0 Å². The van der Waals surface area contributed by atoms with Crippen molar-refractivity contribution in [2.24, 2.45) is 0 Å². The van der Waals surface area contributed by atoms with E-state index in [2.05, 4.69) is 0 Å². The molecule has 2 atom stereocenters. The molecule has 1 aliphatic heterocycles. The van der Waals surface area contributed by atoms with Crippen LogP contribution in [-0.4, -0.2) is 35.2 Å². The molecule has 1 amide bonds. The van der Waals surface area contributed by atoms with Gasteiger partial charge in [-0.1, -0.05) is 53.9 Å². The van der Waals surface area contributed by atoms with Gasteiger partial charge in [0.05, 0.1) is 16.7 Å². The van der Waals surface area contributed by atoms with Crippen molar-refractivity contribution in [2.45, 2.75) is 31.7 Å². The molecule has 148 valence electrons. The molecule has 1 aliphatic rings. The minimum absolute atomic E-state index is 0.209. The Morgan fingerprint density at radius 3 is 2.50 bits per heavy atom. The molecule has 3 rings (SSSR count). The summed E-state index contributed by atoms with van der Waals surface area (Å²) in [5.41, 5.74) is 2.42. The molecule has 0 aromatic heterocycles. The Bertz CT molecular complexity index is 872. The molecule has 0 radical (unpaired) electrons. The number of carbonyl (C=O) groups excluding carboxylic acids is 2. The Labute approximate surface area is 179 Å². The molecule has 0 saturated carbocycles. The van der Waals surface area contributed by atoms with Gasteiger partial charge in [-0.05, 0) is 43.2 Å². The summed E-state index contributed by atoms with van der Waals surface area (Å²) >= 11 is 13.7. The Hall–Kier alpha value is -1.69. The first-order valence-corrected chi connectivity index (χ1v) is 10.9. The van der Waals surface area contributed by atoms with Crippen molar-refractivity contribution in [2.75, 3.05) is 12.4 Å². The van der Waals surface area contributed by atoms with Gasteiger partial charge < -0.3 is 9.64 Å². The van der Waals surface area contributed by atoms with Crippen LogP contribution in [0.2, 0.25) is 10.0 Å². The molecular formula is C21H21Cl2NO3S. The van der Waals surface area contributed by atoms with Gasteiger partial charge in [0.2, 0.25) is 0 Å². The van der Waals surface area contributed by atoms with Crippen molar-refractivity contribution >= 4 is 46.8 Å². The fourth-order valence-corrected chi connectivity index (χ4v) is 4.71. The number of nitrogens with zero attached hydrogens (tertiary/aromatic N) is 1. The lowest BCUT2D eigenvalue weighted by atomic mass is 10.1. The van der Waals surface area contributed by atoms with E-state index >= 15 is 0 Å². The van der Waals surface area contributed by atoms with Gasteiger partial charge in [0.1, 0.15) is 11.4 Å². The SMILES string of the molecule is CCCOC(=O)C1CSC(c2ccc(Cl)c(Cl)c2)N1C(=O)c1ccc(C)cc1. The van der Waals surface area contributed by atoms with E-state index in [4.69, 9.17) is 27.9 Å². The summed E-state index contributed by atoms with van der Waals surface area (Å²) in [5, 5.41) is 0.519. The van der Waals surface area contributed by atoms with Crippen molar-refractivity contribution in [1.82, 2.24) is 4.90 Å². The van der Waals surface area contributed by atoms with Crippen molar-refractivity contribution < 1.29 is 14.3 Å². The molecule has 2 aromatic carbocycles. The van der Waals surface area contributed by atoms with Crippen molar-refractivity contribution in [1.29, 1.82) is 0 Å². The van der Waals surface area contributed by atoms with E-state index in [0.29, 0.717) is 28.0 Å². The number of hydrogen-bond donors (Lipinski definition) is 0. The average Bonchev–Trinajstić information content (AvgIpc) is 3.13. The standard InChI is InChI=1S/C21H21Cl2NO3S/c1-3-10-27-21(26)18-12-28-20(15-8-9-16(22)17(23)11-15)24(18)19(25)14-6-4-13(2)5-7-14/h4-9,11,18,20H,3,10,12H2,1-2H3. The molecule has 7 heteroatoms. The monoisotopic (exact) mass is 437 g/mol. The molecule has 0 aliphatic carbocycles. The average molecular weight is 438 g/mol. The number of thioether (sulfide) groups is 1. The first kappa shape index (κ1) is 21.0. The third-order valence-corrected chi connectivity index (χ3v) is 6.54. The van der Waals surface area contributed by atoms with Crippen LogP contribution in [0.25, 0.3) is 0 Å². The highest BCUT2D eigenvalue weighted by Crippen LogP contribution is 2.43. The summed E-state index contributed by atoms with van der Waals surface area (Å²) in [4.78, 5) is 27.6. The number of hydrogen-bond acceptors (Lipinski definition) is 4. The zero-order valence-corrected chi connectivity index (χ0v) is 18.0. The van der Waals surface area contributed by atoms with Crippen LogP contribution in [0.4, 0.5) is 0 Å². The lowest BCUT2D eigenvalue weighted by molar-refractivity contribution is -0.148. The normalized spacial score (nSPS) is 18.9. The number of aryl methyl sites for hydroxylation is 1. The van der Waals surface area contributed by atoms with Gasteiger partial charge in [-0.25, -0.2) is 4.79 Å². The molecule has 1 heterocycles. The number of amides is 1. The van der Waals surface area contributed by atoms with Crippen LogP contribution in [0.1, 0.15) is 40.2 Å². The first-order chi connectivity index (χ1) is 13.4. The first-order valence-electron chi connectivity index (χ1n) is 9.05. The Kier molecular flexibility index (Phi) is 6.91. The topological polar surface area (TPSA) is 46.6 Å². The fourth-order valence-electron chi connectivity index (χ4n) is 3.00. The second kappa shape index (κ2) is 9.21. The van der Waals surface area contributed by atoms with Gasteiger partial charge >= 0.3 is 5.97 Å². The van der Waals surface area contributed by atoms with E-state index in [1.807, 2.05) is 32.0 Å². The summed E-state index contributed by atoms with van der Waals surface area (Å²) in [7, 11) is 0. The van der Waals surface area contributed by atoms with Crippen molar-refractivity contribution in [3.05, 3.63) is 69.2 Å². The lowest BCUT2D eigenvalue weighted by Crippen LogP contribution is -2.44. The molecule has 28 heavy (non-hydrogen) atoms. The highest BCUT2D eigenvalue weighted by molar-refractivity contribution is 7.99. The zero-order chi connectivity index (χ0) is 20.3. The summed E-state index contributed by atoms with van der Waals surface area (Å²) in [5.74, 6) is -0.123. The molecule has 4 nitrogen and oxygen atoms in total. The number of benzene rings is 2. The van der Waals surface area contributed by atoms with Crippen molar-refractivity contribution in [3.8, 4) is 0 Å². The van der Waals surface area contributed by atoms with E-state index in [1.165, 1.54) is 11.8 Å². The van der Waals surface area contributed by atoms with Gasteiger partial charge in [-0.15, -0.1) is 11.8 Å². The number of halogens is 2. The number of carbonyl (C=O) groups is 2. The van der Waals surface area contributed by atoms with E-state index in [-0.39, 0.29) is 17.3 Å². The maximum absolute atomic E-state index is 13.3. The largest absolute Gasteiger partial charge is 0.464 e. The second-order valence-corrected chi connectivity index (χ2v) is 8.55. The van der Waals surface area contributed by atoms with Gasteiger partial charge in [-0.3, -0.25) is 4.79 Å². The van der Waals surface area contributed by atoms with Gasteiger partial charge in [0, 0.05) is 11.3 Å². The molecular weight excluding hydrogens is 417 g/mol. The van der Waals surface area contributed by atoms with Crippen LogP contribution in [0, 0.1) is 6.92 Å². The van der Waals surface area contributed by atoms with Crippen LogP contribution in [0.15, 0.2) is 42.5 Å². The summed E-state index contributed by atoms with van der Waals surface area (Å²) in [6, 6.07) is 12.0. The maximum Gasteiger partial charge on any atom is 0.329 e. The Morgan fingerprint density at radius 1 is 1.14 bits per heavy atom. The van der Waals surface area contributed by atoms with Gasteiger partial charge in [-0.2, -0.15) is 0 Å². The van der Waals surface area contributed by atoms with Crippen LogP contribution in [0.3, 0.4) is 0 Å². The molecule has 2 unspecified atom stereocenters. The molecule has 0 N–H and O–H groups in total. The molecule has 1 saturated heterocycles. The lowest BCUT2D eigenvalue weighted by Gasteiger charge is -2.29. The smallest absolute Gasteiger partial charge is 0.329 e. The van der Waals surface area contributed by atoms with Gasteiger partial charge in [0.25, 0.3) is 5.91 Å². The zero-order valence-electron chi connectivity index (χ0n) is 15.7. The van der Waals surface area contributed by atoms with Crippen molar-refractivity contribution in [3.63, 3.8) is 0 Å². The summed E-state index contributed by atoms with van der Waals surface area (Å²) in [6.07, 6.45) is 0.730. The highest BCUT2D eigenvalue weighted by atomic mass is 35.5. The third kappa shape index (κ3) is 4.48. The Balaban J connectivity index is 1.96. The molecule has 0 spiro atoms. The minimum atomic E-state index is -0.648.